The Morgan fingerprint density at radius 2 is 0.524 bits per heavy atom. The van der Waals surface area contributed by atoms with Gasteiger partial charge < -0.3 is 4.98 Å². The van der Waals surface area contributed by atoms with Crippen molar-refractivity contribution in [2.45, 2.75) is 173 Å². The van der Waals surface area contributed by atoms with Crippen LogP contribution in [0.15, 0.2) is 176 Å². The molecule has 1 aromatic heterocycles. The van der Waals surface area contributed by atoms with Crippen LogP contribution in [0.1, 0.15) is 143 Å². The van der Waals surface area contributed by atoms with Crippen molar-refractivity contribution in [3.05, 3.63) is 299 Å². The fourth-order valence-corrected chi connectivity index (χ4v) is 9.17. The standard InChI is InChI=1S/2C14H16.C10H14.C9H10N2.4C8H10.C3H8/c1-9-5-13-7-11(3)12(4)8-14(13)6-10(9)2;1-9-5-6-11(3)14-12(4)8-7-10(2)13(9)14;1-7-5-9(3)10(4)6-8(7)2;1-6-3-4-8-9(5-6)11-7(2)10-8;1-7-3-5-8(2)6-4-7;1-7-4-3-5-8(2)6-7;2*1-7-5-3-4-6-8(7)2;1-3-2/h2*5-8H,1-4H3;5-6H,1-4H3;3-5H,1-2H3,(H,10,11);4*3-6H,1-2H3;3H2,1-2H3. The lowest BCUT2D eigenvalue weighted by Crippen LogP contribution is -1.89. The predicted octanol–water partition coefficient (Wildman–Crippen LogP) is 23.9. The van der Waals surface area contributed by atoms with Crippen LogP contribution in [0, 0.1) is 152 Å². The molecule has 0 aliphatic heterocycles. The molecule has 0 fully saturated rings. The van der Waals surface area contributed by atoms with Crippen molar-refractivity contribution in [3.8, 4) is 0 Å². The Morgan fingerprint density at radius 3 is 0.798 bits per heavy atom. The zero-order valence-electron chi connectivity index (χ0n) is 56.4. The molecule has 0 aliphatic carbocycles. The van der Waals surface area contributed by atoms with Crippen molar-refractivity contribution in [1.82, 2.24) is 9.97 Å². The third-order valence-corrected chi connectivity index (χ3v) is 15.2. The molecule has 1 N–H and O–H groups in total. The first kappa shape index (κ1) is 70.5. The lowest BCUT2D eigenvalue weighted by molar-refractivity contribution is 1.09. The number of fused-ring (bicyclic) bond motifs is 3. The van der Waals surface area contributed by atoms with E-state index in [9.17, 15) is 0 Å². The van der Waals surface area contributed by atoms with Gasteiger partial charge >= 0.3 is 0 Å². The van der Waals surface area contributed by atoms with Crippen LogP contribution in [0.25, 0.3) is 32.6 Å². The lowest BCUT2D eigenvalue weighted by atomic mass is 9.94. The summed E-state index contributed by atoms with van der Waals surface area (Å²) < 4.78 is 0. The van der Waals surface area contributed by atoms with Crippen LogP contribution >= 0.6 is 0 Å². The van der Waals surface area contributed by atoms with Gasteiger partial charge in [-0.2, -0.15) is 0 Å². The van der Waals surface area contributed by atoms with E-state index in [2.05, 4.69) is 339 Å². The number of aromatic nitrogens is 2. The third-order valence-electron chi connectivity index (χ3n) is 15.2. The van der Waals surface area contributed by atoms with Crippen LogP contribution < -0.4 is 0 Å². The number of H-pyrrole nitrogens is 1. The van der Waals surface area contributed by atoms with Crippen molar-refractivity contribution in [2.24, 2.45) is 0 Å². The van der Waals surface area contributed by atoms with E-state index in [4.69, 9.17) is 0 Å². The Balaban J connectivity index is 0.000000252. The summed E-state index contributed by atoms with van der Waals surface area (Å²) in [5, 5.41) is 5.59. The molecule has 0 radical (unpaired) electrons. The fourth-order valence-electron chi connectivity index (χ4n) is 9.17. The minimum absolute atomic E-state index is 0.977. The zero-order chi connectivity index (χ0) is 62.8. The van der Waals surface area contributed by atoms with E-state index >= 15 is 0 Å². The van der Waals surface area contributed by atoms with E-state index in [1.165, 1.54) is 145 Å². The summed E-state index contributed by atoms with van der Waals surface area (Å²) in [4.78, 5) is 7.49. The van der Waals surface area contributed by atoms with Gasteiger partial charge in [0.15, 0.2) is 0 Å². The maximum atomic E-state index is 4.30. The second kappa shape index (κ2) is 35.4. The molecule has 2 nitrogen and oxygen atoms in total. The molecule has 442 valence electrons. The topological polar surface area (TPSA) is 28.7 Å². The average Bonchev–Trinajstić information content (AvgIpc) is 2.17. The monoisotopic (exact) mass is 1120 g/mol. The van der Waals surface area contributed by atoms with Gasteiger partial charge in [-0.25, -0.2) is 4.98 Å². The molecule has 0 saturated heterocycles. The molecule has 0 unspecified atom stereocenters. The van der Waals surface area contributed by atoms with E-state index in [1.54, 1.807) is 0 Å². The molecule has 2 heteroatoms. The SMILES string of the molecule is CCC.Cc1cc(C)c(C)cc1C.Cc1cc2cc(C)c(C)cc2cc1C.Cc1ccc(C)c2c(C)ccc(C)c12.Cc1ccc(C)cc1.Cc1ccc2nc(C)[nH]c2c1.Cc1cccc(C)c1.Cc1ccccc1C.Cc1ccccc1C. The molecule has 0 amide bonds. The third kappa shape index (κ3) is 23.8. The fraction of sp³-hybridized carbons (Fsp3) is 0.305. The minimum Gasteiger partial charge on any atom is -0.342 e. The highest BCUT2D eigenvalue weighted by Crippen LogP contribution is 2.28. The number of hydrogen-bond acceptors (Lipinski definition) is 1. The van der Waals surface area contributed by atoms with E-state index in [-0.39, 0.29) is 0 Å². The summed E-state index contributed by atoms with van der Waals surface area (Å²) in [6.07, 6.45) is 1.25. The molecule has 1 heterocycles. The number of rotatable bonds is 0. The van der Waals surface area contributed by atoms with E-state index in [0.717, 1.165) is 16.9 Å². The van der Waals surface area contributed by atoms with Crippen molar-refractivity contribution in [2.75, 3.05) is 0 Å². The first-order chi connectivity index (χ1) is 39.6. The molecule has 0 saturated carbocycles. The maximum Gasteiger partial charge on any atom is 0.104 e. The van der Waals surface area contributed by atoms with Gasteiger partial charge in [0.25, 0.3) is 0 Å². The number of nitrogens with zero attached hydrogens (tertiary/aromatic N) is 1. The van der Waals surface area contributed by atoms with Gasteiger partial charge in [-0.3, -0.25) is 0 Å². The highest BCUT2D eigenvalue weighted by molar-refractivity contribution is 5.93. The van der Waals surface area contributed by atoms with Crippen LogP contribution in [0.2, 0.25) is 0 Å². The summed E-state index contributed by atoms with van der Waals surface area (Å²) in [6.45, 7) is 51.2. The summed E-state index contributed by atoms with van der Waals surface area (Å²) in [5.41, 5.74) is 30.8. The van der Waals surface area contributed by atoms with Gasteiger partial charge in [-0.15, -0.1) is 0 Å². The molecule has 11 rings (SSSR count). The van der Waals surface area contributed by atoms with Crippen molar-refractivity contribution in [3.63, 3.8) is 0 Å². The molecule has 0 aliphatic rings. The van der Waals surface area contributed by atoms with E-state index in [1.807, 2.05) is 13.0 Å². The highest BCUT2D eigenvalue weighted by Gasteiger charge is 2.06. The Labute approximate surface area is 510 Å². The number of nitrogens with one attached hydrogen (secondary N) is 1. The van der Waals surface area contributed by atoms with E-state index < -0.39 is 0 Å². The van der Waals surface area contributed by atoms with E-state index in [0.29, 0.717) is 0 Å². The van der Waals surface area contributed by atoms with Crippen molar-refractivity contribution >= 4 is 32.6 Å². The predicted molar refractivity (Wildman–Crippen MR) is 376 cm³/mol. The summed E-state index contributed by atoms with van der Waals surface area (Å²) in [5.74, 6) is 0.977. The molecule has 0 spiro atoms. The van der Waals surface area contributed by atoms with Gasteiger partial charge in [0.1, 0.15) is 5.82 Å². The van der Waals surface area contributed by atoms with Crippen LogP contribution in [-0.4, -0.2) is 9.97 Å². The van der Waals surface area contributed by atoms with Gasteiger partial charge in [-0.1, -0.05) is 206 Å². The molecule has 0 atom stereocenters. The Hall–Kier alpha value is -7.81. The lowest BCUT2D eigenvalue weighted by Gasteiger charge is -2.11. The Bertz CT molecular complexity index is 3430. The second-order valence-corrected chi connectivity index (χ2v) is 23.4. The molecular formula is C82H104N2. The number of imidazole rings is 1. The molecule has 10 aromatic carbocycles. The first-order valence-corrected chi connectivity index (χ1v) is 30.2. The van der Waals surface area contributed by atoms with Crippen LogP contribution in [0.5, 0.6) is 0 Å². The number of benzene rings is 10. The molecule has 84 heavy (non-hydrogen) atoms. The largest absolute Gasteiger partial charge is 0.342 e. The molecular weight excluding hydrogens is 1010 g/mol. The zero-order valence-corrected chi connectivity index (χ0v) is 56.4. The molecule has 0 bridgehead atoms. The number of aromatic amines is 1. The van der Waals surface area contributed by atoms with Crippen LogP contribution in [-0.2, 0) is 0 Å². The van der Waals surface area contributed by atoms with Crippen LogP contribution in [0.3, 0.4) is 0 Å². The van der Waals surface area contributed by atoms with Gasteiger partial charge in [0.2, 0.25) is 0 Å². The van der Waals surface area contributed by atoms with Gasteiger partial charge in [-0.05, 0) is 281 Å². The maximum absolute atomic E-state index is 4.30. The quantitative estimate of drug-likeness (QED) is 0.161. The minimum atomic E-state index is 0.977. The first-order valence-electron chi connectivity index (χ1n) is 30.2. The summed E-state index contributed by atoms with van der Waals surface area (Å²) >= 11 is 0. The summed E-state index contributed by atoms with van der Waals surface area (Å²) in [7, 11) is 0. The second-order valence-electron chi connectivity index (χ2n) is 23.4. The Kier molecular flexibility index (Phi) is 29.7. The smallest absolute Gasteiger partial charge is 0.104 e. The Morgan fingerprint density at radius 1 is 0.250 bits per heavy atom. The van der Waals surface area contributed by atoms with Crippen molar-refractivity contribution in [1.29, 1.82) is 0 Å². The number of hydrogen-bond donors (Lipinski definition) is 1. The number of aryl methyl sites for hydroxylation is 22. The average molecular weight is 1120 g/mol. The van der Waals surface area contributed by atoms with Crippen LogP contribution in [0.4, 0.5) is 0 Å². The van der Waals surface area contributed by atoms with Gasteiger partial charge in [0, 0.05) is 0 Å². The van der Waals surface area contributed by atoms with Gasteiger partial charge in [0.05, 0.1) is 11.0 Å². The van der Waals surface area contributed by atoms with Crippen molar-refractivity contribution < 1.29 is 0 Å². The highest BCUT2D eigenvalue weighted by atomic mass is 14.9. The molecule has 11 aromatic rings. The normalized spacial score (nSPS) is 9.95. The summed E-state index contributed by atoms with van der Waals surface area (Å²) in [6, 6.07) is 62.3.